The first-order valence-electron chi connectivity index (χ1n) is 6.73. The summed E-state index contributed by atoms with van der Waals surface area (Å²) in [5.74, 6) is 0.947. The molecule has 0 bridgehead atoms. The molecule has 3 nitrogen and oxygen atoms in total. The average molecular weight is 381 g/mol. The van der Waals surface area contributed by atoms with Gasteiger partial charge in [-0.05, 0) is 59.7 Å². The molecule has 1 aromatic rings. The Labute approximate surface area is 134 Å². The van der Waals surface area contributed by atoms with Crippen LogP contribution in [0.15, 0.2) is 33.6 Å². The van der Waals surface area contributed by atoms with Crippen molar-refractivity contribution < 1.29 is 8.42 Å². The van der Waals surface area contributed by atoms with Gasteiger partial charge in [-0.3, -0.25) is 0 Å². The molecule has 0 heterocycles. The van der Waals surface area contributed by atoms with Gasteiger partial charge in [0.15, 0.2) is 0 Å². The van der Waals surface area contributed by atoms with Gasteiger partial charge >= 0.3 is 0 Å². The summed E-state index contributed by atoms with van der Waals surface area (Å²) >= 11 is 9.37. The quantitative estimate of drug-likeness (QED) is 0.805. The highest BCUT2D eigenvalue weighted by atomic mass is 79.9. The van der Waals surface area contributed by atoms with Gasteiger partial charge in [-0.1, -0.05) is 19.1 Å². The minimum absolute atomic E-state index is 0.267. The van der Waals surface area contributed by atoms with Gasteiger partial charge in [0.25, 0.3) is 0 Å². The third-order valence-electron chi connectivity index (χ3n) is 3.96. The predicted octanol–water partition coefficient (Wildman–Crippen LogP) is 3.92. The lowest BCUT2D eigenvalue weighted by atomic mass is 9.79. The normalized spacial score (nSPS) is 27.4. The van der Waals surface area contributed by atoms with E-state index in [-0.39, 0.29) is 4.90 Å². The molecule has 20 heavy (non-hydrogen) atoms. The molecule has 0 saturated heterocycles. The molecule has 1 aliphatic rings. The van der Waals surface area contributed by atoms with Gasteiger partial charge in [0, 0.05) is 15.9 Å². The SMILES string of the molecule is CC1CCC(CCl)(NS(=O)(=O)c2ccccc2Br)CC1. The fourth-order valence-electron chi connectivity index (χ4n) is 2.58. The molecule has 0 spiro atoms. The average Bonchev–Trinajstić information content (AvgIpc) is 2.42. The first kappa shape index (κ1) is 16.3. The molecule has 1 N–H and O–H groups in total. The predicted molar refractivity (Wildman–Crippen MR) is 85.5 cm³/mol. The standard InChI is InChI=1S/C14H19BrClNO2S/c1-11-6-8-14(10-16,9-7-11)17-20(18,19)13-5-3-2-4-12(13)15/h2-5,11,17H,6-10H2,1H3. The third kappa shape index (κ3) is 3.56. The Hall–Kier alpha value is -0.100. The largest absolute Gasteiger partial charge is 0.242 e. The van der Waals surface area contributed by atoms with Crippen LogP contribution in [0.3, 0.4) is 0 Å². The van der Waals surface area contributed by atoms with E-state index in [0.717, 1.165) is 25.7 Å². The lowest BCUT2D eigenvalue weighted by molar-refractivity contribution is 0.247. The number of rotatable bonds is 4. The molecule has 1 fully saturated rings. The zero-order valence-electron chi connectivity index (χ0n) is 11.4. The van der Waals surface area contributed by atoms with E-state index in [0.29, 0.717) is 16.3 Å². The molecule has 1 saturated carbocycles. The molecule has 112 valence electrons. The van der Waals surface area contributed by atoms with Crippen LogP contribution in [0.1, 0.15) is 32.6 Å². The minimum Gasteiger partial charge on any atom is -0.207 e. The highest BCUT2D eigenvalue weighted by Crippen LogP contribution is 2.34. The Morgan fingerprint density at radius 1 is 1.35 bits per heavy atom. The molecular formula is C14H19BrClNO2S. The molecule has 2 rings (SSSR count). The van der Waals surface area contributed by atoms with Crippen molar-refractivity contribution in [2.45, 2.75) is 43.0 Å². The highest BCUT2D eigenvalue weighted by molar-refractivity contribution is 9.10. The molecule has 0 atom stereocenters. The summed E-state index contributed by atoms with van der Waals surface area (Å²) in [6.45, 7) is 2.19. The van der Waals surface area contributed by atoms with Crippen LogP contribution in [-0.4, -0.2) is 19.8 Å². The Morgan fingerprint density at radius 3 is 2.50 bits per heavy atom. The molecule has 1 aliphatic carbocycles. The van der Waals surface area contributed by atoms with Crippen LogP contribution in [0.25, 0.3) is 0 Å². The van der Waals surface area contributed by atoms with E-state index in [1.807, 2.05) is 0 Å². The summed E-state index contributed by atoms with van der Waals surface area (Å²) < 4.78 is 28.6. The van der Waals surface area contributed by atoms with E-state index in [9.17, 15) is 8.42 Å². The number of halogens is 2. The Balaban J connectivity index is 2.25. The highest BCUT2D eigenvalue weighted by Gasteiger charge is 2.37. The molecule has 0 unspecified atom stereocenters. The van der Waals surface area contributed by atoms with Crippen LogP contribution in [0.2, 0.25) is 0 Å². The molecule has 0 amide bonds. The van der Waals surface area contributed by atoms with Gasteiger partial charge in [0.1, 0.15) is 0 Å². The topological polar surface area (TPSA) is 46.2 Å². The summed E-state index contributed by atoms with van der Waals surface area (Å²) in [4.78, 5) is 0.267. The fraction of sp³-hybridized carbons (Fsp3) is 0.571. The molecule has 0 aliphatic heterocycles. The van der Waals surface area contributed by atoms with Crippen LogP contribution >= 0.6 is 27.5 Å². The maximum Gasteiger partial charge on any atom is 0.242 e. The summed E-state index contributed by atoms with van der Waals surface area (Å²) in [5.41, 5.74) is -0.512. The zero-order chi connectivity index (χ0) is 14.8. The van der Waals surface area contributed by atoms with Gasteiger partial charge in [-0.15, -0.1) is 11.6 Å². The van der Waals surface area contributed by atoms with E-state index in [1.54, 1.807) is 24.3 Å². The Kier molecular flexibility index (Phi) is 5.16. The molecule has 1 aromatic carbocycles. The number of benzene rings is 1. The lowest BCUT2D eigenvalue weighted by Crippen LogP contribution is -2.52. The van der Waals surface area contributed by atoms with Crippen molar-refractivity contribution in [3.8, 4) is 0 Å². The monoisotopic (exact) mass is 379 g/mol. The summed E-state index contributed by atoms with van der Waals surface area (Å²) in [7, 11) is -3.56. The van der Waals surface area contributed by atoms with Crippen molar-refractivity contribution in [2.75, 3.05) is 5.88 Å². The van der Waals surface area contributed by atoms with Crippen LogP contribution < -0.4 is 4.72 Å². The van der Waals surface area contributed by atoms with E-state index in [2.05, 4.69) is 27.6 Å². The summed E-state index contributed by atoms with van der Waals surface area (Å²) in [5, 5.41) is 0. The molecule has 0 aromatic heterocycles. The van der Waals surface area contributed by atoms with Crippen LogP contribution in [0, 0.1) is 5.92 Å². The van der Waals surface area contributed by atoms with Crippen molar-refractivity contribution in [2.24, 2.45) is 5.92 Å². The van der Waals surface area contributed by atoms with E-state index in [1.165, 1.54) is 0 Å². The first-order chi connectivity index (χ1) is 9.38. The third-order valence-corrected chi connectivity index (χ3v) is 7.07. The van der Waals surface area contributed by atoms with Gasteiger partial charge < -0.3 is 0 Å². The van der Waals surface area contributed by atoms with Crippen molar-refractivity contribution in [1.29, 1.82) is 0 Å². The van der Waals surface area contributed by atoms with Crippen molar-refractivity contribution >= 4 is 37.6 Å². The maximum atomic E-state index is 12.6. The maximum absolute atomic E-state index is 12.6. The molecule has 6 heteroatoms. The Bertz CT molecular complexity index is 568. The van der Waals surface area contributed by atoms with Gasteiger partial charge in [-0.2, -0.15) is 0 Å². The number of sulfonamides is 1. The van der Waals surface area contributed by atoms with Crippen LogP contribution in [0.5, 0.6) is 0 Å². The fourth-order valence-corrected chi connectivity index (χ4v) is 5.46. The van der Waals surface area contributed by atoms with Crippen LogP contribution in [0.4, 0.5) is 0 Å². The summed E-state index contributed by atoms with van der Waals surface area (Å²) in [6.07, 6.45) is 3.60. The second-order valence-electron chi connectivity index (χ2n) is 5.63. The number of alkyl halides is 1. The number of hydrogen-bond donors (Lipinski definition) is 1. The summed E-state index contributed by atoms with van der Waals surface area (Å²) in [6, 6.07) is 6.84. The van der Waals surface area contributed by atoms with E-state index < -0.39 is 15.6 Å². The van der Waals surface area contributed by atoms with Crippen molar-refractivity contribution in [3.05, 3.63) is 28.7 Å². The second kappa shape index (κ2) is 6.34. The molecule has 0 radical (unpaired) electrons. The van der Waals surface area contributed by atoms with Gasteiger partial charge in [0.2, 0.25) is 10.0 Å². The second-order valence-corrected chi connectivity index (χ2v) is 8.40. The first-order valence-corrected chi connectivity index (χ1v) is 9.54. The van der Waals surface area contributed by atoms with Crippen molar-refractivity contribution in [1.82, 2.24) is 4.72 Å². The van der Waals surface area contributed by atoms with Crippen LogP contribution in [-0.2, 0) is 10.0 Å². The van der Waals surface area contributed by atoms with Crippen molar-refractivity contribution in [3.63, 3.8) is 0 Å². The number of hydrogen-bond acceptors (Lipinski definition) is 2. The number of nitrogens with one attached hydrogen (secondary N) is 1. The zero-order valence-corrected chi connectivity index (χ0v) is 14.6. The minimum atomic E-state index is -3.56. The lowest BCUT2D eigenvalue weighted by Gasteiger charge is -2.38. The Morgan fingerprint density at radius 2 is 1.95 bits per heavy atom. The van der Waals surface area contributed by atoms with Gasteiger partial charge in [-0.25, -0.2) is 13.1 Å². The smallest absolute Gasteiger partial charge is 0.207 e. The van der Waals surface area contributed by atoms with Gasteiger partial charge in [0.05, 0.1) is 4.90 Å². The van der Waals surface area contributed by atoms with E-state index >= 15 is 0 Å². The molecular weight excluding hydrogens is 362 g/mol. The van der Waals surface area contributed by atoms with E-state index in [4.69, 9.17) is 11.6 Å².